The molecule has 1 radical (unpaired) electrons. The largest absolute Gasteiger partial charge is 0.0776 e. The minimum absolute atomic E-state index is 0.625. The predicted molar refractivity (Wildman–Crippen MR) is 31.7 cm³/mol. The standard InChI is InChI=1S/C7H9/c1-2-7-5-3-4-6-7/h3-7H,1-2H2. The van der Waals surface area contributed by atoms with Crippen LogP contribution in [0.3, 0.4) is 0 Å². The molecule has 0 aromatic heterocycles. The highest BCUT2D eigenvalue weighted by atomic mass is 14.0. The Hall–Kier alpha value is -0.520. The highest BCUT2D eigenvalue weighted by Gasteiger charge is 1.96. The Kier molecular flexibility index (Phi) is 1.30. The first kappa shape index (κ1) is 4.63. The van der Waals surface area contributed by atoms with Gasteiger partial charge in [-0.3, -0.25) is 0 Å². The fraction of sp³-hybridized carbons (Fsp3) is 0.286. The van der Waals surface area contributed by atoms with Gasteiger partial charge in [0.25, 0.3) is 0 Å². The van der Waals surface area contributed by atoms with E-state index in [2.05, 4.69) is 31.2 Å². The van der Waals surface area contributed by atoms with Crippen molar-refractivity contribution in [3.8, 4) is 0 Å². The normalized spacial score (nSPS) is 19.0. The minimum Gasteiger partial charge on any atom is -0.0776 e. The van der Waals surface area contributed by atoms with Crippen molar-refractivity contribution in [1.29, 1.82) is 0 Å². The topological polar surface area (TPSA) is 0 Å². The Morgan fingerprint density at radius 2 is 1.86 bits per heavy atom. The van der Waals surface area contributed by atoms with Gasteiger partial charge in [-0.25, -0.2) is 0 Å². The van der Waals surface area contributed by atoms with Crippen molar-refractivity contribution in [1.82, 2.24) is 0 Å². The summed E-state index contributed by atoms with van der Waals surface area (Å²) in [5.41, 5.74) is 0. The van der Waals surface area contributed by atoms with E-state index in [4.69, 9.17) is 0 Å². The average molecular weight is 93.1 g/mol. The van der Waals surface area contributed by atoms with Crippen LogP contribution in [0.25, 0.3) is 0 Å². The van der Waals surface area contributed by atoms with Crippen LogP contribution in [0.2, 0.25) is 0 Å². The smallest absolute Gasteiger partial charge is 0.00473 e. The summed E-state index contributed by atoms with van der Waals surface area (Å²) in [4.78, 5) is 0. The first-order valence-corrected chi connectivity index (χ1v) is 2.57. The summed E-state index contributed by atoms with van der Waals surface area (Å²) in [7, 11) is 0. The molecule has 1 rings (SSSR count). The van der Waals surface area contributed by atoms with Crippen molar-refractivity contribution in [3.63, 3.8) is 0 Å². The van der Waals surface area contributed by atoms with Gasteiger partial charge in [0.1, 0.15) is 0 Å². The average Bonchev–Trinajstić information content (AvgIpc) is 2.14. The summed E-state index contributed by atoms with van der Waals surface area (Å²) >= 11 is 0. The molecule has 1 aliphatic rings. The van der Waals surface area contributed by atoms with Crippen LogP contribution in [-0.2, 0) is 0 Å². The summed E-state index contributed by atoms with van der Waals surface area (Å²) in [6, 6.07) is 0. The van der Waals surface area contributed by atoms with Crippen LogP contribution >= 0.6 is 0 Å². The molecule has 0 saturated heterocycles. The molecule has 1 aliphatic carbocycles. The summed E-state index contributed by atoms with van der Waals surface area (Å²) in [5.74, 6) is 0.625. The highest BCUT2D eigenvalue weighted by Crippen LogP contribution is 2.10. The van der Waals surface area contributed by atoms with Gasteiger partial charge in [0, 0.05) is 0 Å². The van der Waals surface area contributed by atoms with E-state index in [-0.39, 0.29) is 0 Å². The molecule has 0 fully saturated rings. The third-order valence-electron chi connectivity index (χ3n) is 1.16. The van der Waals surface area contributed by atoms with Gasteiger partial charge >= 0.3 is 0 Å². The van der Waals surface area contributed by atoms with E-state index in [1.54, 1.807) is 0 Å². The van der Waals surface area contributed by atoms with E-state index in [0.29, 0.717) is 5.92 Å². The van der Waals surface area contributed by atoms with Crippen LogP contribution in [0, 0.1) is 12.8 Å². The van der Waals surface area contributed by atoms with Crippen molar-refractivity contribution >= 4 is 0 Å². The van der Waals surface area contributed by atoms with Gasteiger partial charge in [-0.2, -0.15) is 0 Å². The van der Waals surface area contributed by atoms with E-state index in [1.807, 2.05) is 0 Å². The molecule has 0 bridgehead atoms. The monoisotopic (exact) mass is 93.1 g/mol. The molecular weight excluding hydrogens is 84.1 g/mol. The lowest BCUT2D eigenvalue weighted by Crippen LogP contribution is -1.81. The van der Waals surface area contributed by atoms with Crippen LogP contribution < -0.4 is 0 Å². The highest BCUT2D eigenvalue weighted by molar-refractivity contribution is 5.17. The van der Waals surface area contributed by atoms with E-state index in [1.165, 1.54) is 0 Å². The number of allylic oxidation sites excluding steroid dienone is 4. The van der Waals surface area contributed by atoms with E-state index >= 15 is 0 Å². The first-order valence-electron chi connectivity index (χ1n) is 2.57. The van der Waals surface area contributed by atoms with Crippen LogP contribution in [0.15, 0.2) is 24.3 Å². The van der Waals surface area contributed by atoms with Gasteiger partial charge in [0.05, 0.1) is 0 Å². The number of hydrogen-bond donors (Lipinski definition) is 0. The quantitative estimate of drug-likeness (QED) is 0.465. The lowest BCUT2D eigenvalue weighted by atomic mass is 10.1. The Morgan fingerprint density at radius 1 is 1.29 bits per heavy atom. The van der Waals surface area contributed by atoms with Gasteiger partial charge in [-0.05, 0) is 12.3 Å². The Bertz CT molecular complexity index is 86.6. The summed E-state index contributed by atoms with van der Waals surface area (Å²) in [6.45, 7) is 3.77. The summed E-state index contributed by atoms with van der Waals surface area (Å²) in [6.07, 6.45) is 9.44. The summed E-state index contributed by atoms with van der Waals surface area (Å²) < 4.78 is 0. The van der Waals surface area contributed by atoms with Gasteiger partial charge in [-0.1, -0.05) is 31.2 Å². The van der Waals surface area contributed by atoms with Crippen LogP contribution in [-0.4, -0.2) is 0 Å². The van der Waals surface area contributed by atoms with Crippen molar-refractivity contribution in [2.24, 2.45) is 5.92 Å². The first-order chi connectivity index (χ1) is 3.43. The molecule has 0 saturated carbocycles. The SMILES string of the molecule is [CH2]CC1C=CC=C1. The molecule has 0 amide bonds. The zero-order valence-electron chi connectivity index (χ0n) is 4.30. The van der Waals surface area contributed by atoms with Gasteiger partial charge in [0.15, 0.2) is 0 Å². The molecule has 0 N–H and O–H groups in total. The maximum Gasteiger partial charge on any atom is -0.00473 e. The molecule has 7 heavy (non-hydrogen) atoms. The fourth-order valence-corrected chi connectivity index (χ4v) is 0.670. The summed E-state index contributed by atoms with van der Waals surface area (Å²) in [5, 5.41) is 0. The Morgan fingerprint density at radius 3 is 2.14 bits per heavy atom. The minimum atomic E-state index is 0.625. The van der Waals surface area contributed by atoms with Crippen molar-refractivity contribution in [3.05, 3.63) is 31.2 Å². The molecule has 0 aliphatic heterocycles. The van der Waals surface area contributed by atoms with Gasteiger partial charge in [-0.15, -0.1) is 0 Å². The third-order valence-corrected chi connectivity index (χ3v) is 1.16. The lowest BCUT2D eigenvalue weighted by molar-refractivity contribution is 0.842. The molecule has 0 atom stereocenters. The molecular formula is C7H9. The number of hydrogen-bond acceptors (Lipinski definition) is 0. The van der Waals surface area contributed by atoms with Crippen LogP contribution in [0.4, 0.5) is 0 Å². The maximum atomic E-state index is 3.77. The lowest BCUT2D eigenvalue weighted by Gasteiger charge is -1.93. The van der Waals surface area contributed by atoms with Crippen LogP contribution in [0.5, 0.6) is 0 Å². The molecule has 0 aromatic carbocycles. The zero-order chi connectivity index (χ0) is 5.11. The predicted octanol–water partition coefficient (Wildman–Crippen LogP) is 1.95. The van der Waals surface area contributed by atoms with Gasteiger partial charge in [0.2, 0.25) is 0 Å². The van der Waals surface area contributed by atoms with Gasteiger partial charge < -0.3 is 0 Å². The second-order valence-corrected chi connectivity index (χ2v) is 1.72. The molecule has 37 valence electrons. The maximum absolute atomic E-state index is 3.77. The number of rotatable bonds is 1. The second-order valence-electron chi connectivity index (χ2n) is 1.72. The fourth-order valence-electron chi connectivity index (χ4n) is 0.670. The van der Waals surface area contributed by atoms with E-state index in [0.717, 1.165) is 6.42 Å². The van der Waals surface area contributed by atoms with E-state index < -0.39 is 0 Å². The Balaban J connectivity index is 2.44. The second kappa shape index (κ2) is 1.97. The van der Waals surface area contributed by atoms with Crippen LogP contribution in [0.1, 0.15) is 6.42 Å². The third kappa shape index (κ3) is 0.923. The van der Waals surface area contributed by atoms with Crippen molar-refractivity contribution < 1.29 is 0 Å². The van der Waals surface area contributed by atoms with Crippen molar-refractivity contribution in [2.75, 3.05) is 0 Å². The molecule has 0 unspecified atom stereocenters. The molecule has 0 spiro atoms. The molecule has 0 aromatic rings. The van der Waals surface area contributed by atoms with E-state index in [9.17, 15) is 0 Å². The van der Waals surface area contributed by atoms with Crippen molar-refractivity contribution in [2.45, 2.75) is 6.42 Å². The molecule has 0 heteroatoms. The zero-order valence-corrected chi connectivity index (χ0v) is 4.30. The molecule has 0 nitrogen and oxygen atoms in total. The molecule has 0 heterocycles. The Labute approximate surface area is 44.5 Å².